The molecule has 0 saturated heterocycles. The van der Waals surface area contributed by atoms with Gasteiger partial charge in [-0.3, -0.25) is 9.69 Å². The smallest absolute Gasteiger partial charge is 0.408 e. The molecule has 8 nitrogen and oxygen atoms in total. The van der Waals surface area contributed by atoms with E-state index in [9.17, 15) is 14.7 Å². The van der Waals surface area contributed by atoms with E-state index in [1.54, 1.807) is 39.1 Å². The van der Waals surface area contributed by atoms with Gasteiger partial charge in [0.15, 0.2) is 12.2 Å². The number of oxazole rings is 1. The van der Waals surface area contributed by atoms with E-state index >= 15 is 0 Å². The minimum absolute atomic E-state index is 0.122. The maximum atomic E-state index is 13.2. The topological polar surface area (TPSA) is 105 Å². The number of anilines is 1. The fourth-order valence-corrected chi connectivity index (χ4v) is 3.68. The summed E-state index contributed by atoms with van der Waals surface area (Å²) in [5.74, 6) is 0.720. The Kier molecular flexibility index (Phi) is 7.52. The van der Waals surface area contributed by atoms with E-state index in [0.29, 0.717) is 33.7 Å². The number of halogens is 1. The van der Waals surface area contributed by atoms with Crippen LogP contribution in [0.2, 0.25) is 0 Å². The van der Waals surface area contributed by atoms with Gasteiger partial charge in [0.2, 0.25) is 5.91 Å². The van der Waals surface area contributed by atoms with Crippen molar-refractivity contribution in [2.24, 2.45) is 5.92 Å². The van der Waals surface area contributed by atoms with E-state index in [1.165, 1.54) is 18.4 Å². The van der Waals surface area contributed by atoms with Gasteiger partial charge in [0.1, 0.15) is 11.8 Å². The number of carbonyl (C=O) groups is 2. The molecule has 0 fully saturated rings. The van der Waals surface area contributed by atoms with Crippen LogP contribution in [0.4, 0.5) is 10.5 Å². The van der Waals surface area contributed by atoms with Crippen LogP contribution in [0.25, 0.3) is 11.3 Å². The number of amides is 2. The zero-order valence-corrected chi connectivity index (χ0v) is 19.6. The predicted octanol–water partition coefficient (Wildman–Crippen LogP) is 5.24. The number of carbonyl (C=O) groups excluding carboxylic acids is 1. The second kappa shape index (κ2) is 9.51. The Morgan fingerprint density at radius 1 is 1.33 bits per heavy atom. The highest BCUT2D eigenvalue weighted by Crippen LogP contribution is 2.37. The fraction of sp³-hybridized carbons (Fsp3) is 0.476. The third kappa shape index (κ3) is 5.53. The molecule has 1 aromatic heterocycles. The number of carboxylic acid groups (broad SMARTS) is 1. The van der Waals surface area contributed by atoms with Crippen molar-refractivity contribution in [1.82, 2.24) is 9.88 Å². The minimum atomic E-state index is -1.14. The van der Waals surface area contributed by atoms with Gasteiger partial charge in [0.25, 0.3) is 0 Å². The van der Waals surface area contributed by atoms with Gasteiger partial charge in [-0.05, 0) is 55.1 Å². The molecule has 0 radical (unpaired) electrons. The summed E-state index contributed by atoms with van der Waals surface area (Å²) in [4.78, 5) is 30.3. The number of nitrogens with zero attached hydrogens (tertiary/aromatic N) is 2. The molecule has 0 aliphatic rings. The Hall–Kier alpha value is -2.55. The number of aromatic nitrogens is 1. The van der Waals surface area contributed by atoms with Gasteiger partial charge < -0.3 is 19.6 Å². The number of hydrogen-bond donors (Lipinski definition) is 2. The molecule has 0 bridgehead atoms. The third-order valence-electron chi connectivity index (χ3n) is 4.48. The lowest BCUT2D eigenvalue weighted by Crippen LogP contribution is -2.56. The van der Waals surface area contributed by atoms with Crippen LogP contribution >= 0.6 is 15.9 Å². The van der Waals surface area contributed by atoms with E-state index in [2.05, 4.69) is 26.2 Å². The highest BCUT2D eigenvalue weighted by Gasteiger charge is 2.38. The van der Waals surface area contributed by atoms with Crippen LogP contribution in [0.15, 0.2) is 33.6 Å². The summed E-state index contributed by atoms with van der Waals surface area (Å²) >= 11 is 3.47. The third-order valence-corrected chi connectivity index (χ3v) is 5.14. The van der Waals surface area contributed by atoms with Crippen molar-refractivity contribution >= 4 is 33.6 Å². The van der Waals surface area contributed by atoms with Crippen molar-refractivity contribution in [1.29, 1.82) is 0 Å². The highest BCUT2D eigenvalue weighted by molar-refractivity contribution is 9.10. The summed E-state index contributed by atoms with van der Waals surface area (Å²) < 4.78 is 11.4. The maximum absolute atomic E-state index is 13.2. The van der Waals surface area contributed by atoms with Crippen molar-refractivity contribution in [2.45, 2.75) is 52.6 Å². The molecule has 2 rings (SSSR count). The van der Waals surface area contributed by atoms with Gasteiger partial charge in [0.05, 0.1) is 24.6 Å². The quantitative estimate of drug-likeness (QED) is 0.559. The maximum Gasteiger partial charge on any atom is 0.408 e. The molecule has 2 amide bonds. The Balaban J connectivity index is 2.40. The van der Waals surface area contributed by atoms with E-state index in [-0.39, 0.29) is 5.92 Å². The molecule has 1 heterocycles. The normalized spacial score (nSPS) is 12.5. The highest BCUT2D eigenvalue weighted by atomic mass is 79.9. The van der Waals surface area contributed by atoms with Gasteiger partial charge in [-0.15, -0.1) is 0 Å². The standard InChI is InChI=1S/C21H28BrN3O5/c1-12(2)7-16(25(20(27)28)21(3,4)5)19(26)24-15-9-17(29-6)13(8-14(15)22)18-10-23-11-30-18/h8-12,16H,7H2,1-6H3,(H,24,26)(H,27,28)/t16-/m1/s1. The van der Waals surface area contributed by atoms with Crippen molar-refractivity contribution in [3.05, 3.63) is 29.2 Å². The average molecular weight is 482 g/mol. The molecule has 0 unspecified atom stereocenters. The first kappa shape index (κ1) is 23.7. The van der Waals surface area contributed by atoms with Crippen molar-refractivity contribution in [2.75, 3.05) is 12.4 Å². The molecular formula is C21H28BrN3O5. The molecular weight excluding hydrogens is 454 g/mol. The number of rotatable bonds is 7. The van der Waals surface area contributed by atoms with Gasteiger partial charge in [-0.2, -0.15) is 0 Å². The summed E-state index contributed by atoms with van der Waals surface area (Å²) in [7, 11) is 1.52. The Bertz CT molecular complexity index is 891. The first-order valence-corrected chi connectivity index (χ1v) is 10.3. The van der Waals surface area contributed by atoms with Crippen LogP contribution in [-0.4, -0.2) is 45.7 Å². The van der Waals surface area contributed by atoms with Crippen molar-refractivity contribution in [3.8, 4) is 17.1 Å². The minimum Gasteiger partial charge on any atom is -0.496 e. The predicted molar refractivity (Wildman–Crippen MR) is 118 cm³/mol. The molecule has 0 saturated carbocycles. The van der Waals surface area contributed by atoms with Crippen molar-refractivity contribution in [3.63, 3.8) is 0 Å². The number of nitrogens with one attached hydrogen (secondary N) is 1. The number of methoxy groups -OCH3 is 1. The molecule has 9 heteroatoms. The fourth-order valence-electron chi connectivity index (χ4n) is 3.24. The van der Waals surface area contributed by atoms with Crippen LogP contribution in [0.1, 0.15) is 41.0 Å². The average Bonchev–Trinajstić information content (AvgIpc) is 3.15. The molecule has 0 spiro atoms. The van der Waals surface area contributed by atoms with Crippen LogP contribution in [0.5, 0.6) is 5.75 Å². The molecule has 2 aromatic rings. The molecule has 0 aliphatic carbocycles. The number of benzene rings is 1. The van der Waals surface area contributed by atoms with Gasteiger partial charge >= 0.3 is 6.09 Å². The summed E-state index contributed by atoms with van der Waals surface area (Å²) in [5.41, 5.74) is 0.391. The van der Waals surface area contributed by atoms with Crippen LogP contribution in [-0.2, 0) is 4.79 Å². The van der Waals surface area contributed by atoms with Gasteiger partial charge in [-0.1, -0.05) is 13.8 Å². The molecule has 0 aliphatic heterocycles. The van der Waals surface area contributed by atoms with E-state index < -0.39 is 23.6 Å². The largest absolute Gasteiger partial charge is 0.496 e. The Morgan fingerprint density at radius 2 is 2.00 bits per heavy atom. The zero-order chi connectivity index (χ0) is 22.6. The van der Waals surface area contributed by atoms with Crippen molar-refractivity contribution < 1.29 is 23.8 Å². The molecule has 1 atom stereocenters. The molecule has 164 valence electrons. The SMILES string of the molecule is COc1cc(NC(=O)[C@@H](CC(C)C)N(C(=O)O)C(C)(C)C)c(Br)cc1-c1cnco1. The van der Waals surface area contributed by atoms with E-state index in [1.807, 2.05) is 13.8 Å². The first-order valence-electron chi connectivity index (χ1n) is 9.55. The second-order valence-electron chi connectivity index (χ2n) is 8.36. The molecule has 2 N–H and O–H groups in total. The van der Waals surface area contributed by atoms with Crippen LogP contribution < -0.4 is 10.1 Å². The zero-order valence-electron chi connectivity index (χ0n) is 18.0. The van der Waals surface area contributed by atoms with Crippen LogP contribution in [0.3, 0.4) is 0 Å². The summed E-state index contributed by atoms with van der Waals surface area (Å²) in [6, 6.07) is 2.56. The summed E-state index contributed by atoms with van der Waals surface area (Å²) in [5, 5.41) is 12.6. The first-order chi connectivity index (χ1) is 14.0. The van der Waals surface area contributed by atoms with Gasteiger partial charge in [0, 0.05) is 16.1 Å². The van der Waals surface area contributed by atoms with Gasteiger partial charge in [-0.25, -0.2) is 9.78 Å². The van der Waals surface area contributed by atoms with Crippen LogP contribution in [0, 0.1) is 5.92 Å². The molecule has 30 heavy (non-hydrogen) atoms. The summed E-state index contributed by atoms with van der Waals surface area (Å²) in [6.07, 6.45) is 2.14. The number of hydrogen-bond acceptors (Lipinski definition) is 5. The Labute approximate surface area is 184 Å². The van der Waals surface area contributed by atoms with E-state index in [0.717, 1.165) is 0 Å². The second-order valence-corrected chi connectivity index (χ2v) is 9.21. The van der Waals surface area contributed by atoms with E-state index in [4.69, 9.17) is 9.15 Å². The monoisotopic (exact) mass is 481 g/mol. The summed E-state index contributed by atoms with van der Waals surface area (Å²) in [6.45, 7) is 9.22. The lowest BCUT2D eigenvalue weighted by molar-refractivity contribution is -0.123. The molecule has 1 aromatic carbocycles. The number of ether oxygens (including phenoxy) is 1. The lowest BCUT2D eigenvalue weighted by atomic mass is 9.96. The Morgan fingerprint density at radius 3 is 2.47 bits per heavy atom. The lowest BCUT2D eigenvalue weighted by Gasteiger charge is -2.39.